The fraction of sp³-hybridized carbons (Fsp3) is 0.364. The fourth-order valence-corrected chi connectivity index (χ4v) is 4.39. The van der Waals surface area contributed by atoms with E-state index >= 15 is 0 Å². The molecule has 6 nitrogen and oxygen atoms in total. The molecule has 1 aromatic heterocycles. The summed E-state index contributed by atoms with van der Waals surface area (Å²) >= 11 is 0. The molecule has 0 saturated carbocycles. The Hall–Kier alpha value is -2.86. The predicted molar refractivity (Wildman–Crippen MR) is 109 cm³/mol. The number of hydrogen-bond donors (Lipinski definition) is 2. The number of benzene rings is 2. The highest BCUT2D eigenvalue weighted by Gasteiger charge is 2.28. The summed E-state index contributed by atoms with van der Waals surface area (Å²) in [5.74, 6) is 0.879. The summed E-state index contributed by atoms with van der Waals surface area (Å²) < 4.78 is 5.23. The number of aromatic nitrogens is 1. The van der Waals surface area contributed by atoms with Gasteiger partial charge in [0.2, 0.25) is 0 Å². The van der Waals surface area contributed by atoms with Gasteiger partial charge in [0.25, 0.3) is 5.69 Å². The van der Waals surface area contributed by atoms with Crippen LogP contribution in [0, 0.1) is 10.1 Å². The zero-order chi connectivity index (χ0) is 19.7. The van der Waals surface area contributed by atoms with Gasteiger partial charge in [-0.25, -0.2) is 0 Å². The fourth-order valence-electron chi connectivity index (χ4n) is 4.39. The van der Waals surface area contributed by atoms with Crippen LogP contribution in [0.2, 0.25) is 0 Å². The van der Waals surface area contributed by atoms with Crippen molar-refractivity contribution in [2.75, 3.05) is 7.11 Å². The molecule has 0 fully saturated rings. The van der Waals surface area contributed by atoms with Gasteiger partial charge >= 0.3 is 0 Å². The van der Waals surface area contributed by atoms with Gasteiger partial charge in [0, 0.05) is 35.9 Å². The van der Waals surface area contributed by atoms with Gasteiger partial charge in [0.15, 0.2) is 0 Å². The summed E-state index contributed by atoms with van der Waals surface area (Å²) in [7, 11) is 1.68. The minimum absolute atomic E-state index is 0.160. The van der Waals surface area contributed by atoms with E-state index < -0.39 is 0 Å². The summed E-state index contributed by atoms with van der Waals surface area (Å²) in [6, 6.07) is 14.2. The first-order valence-electron chi connectivity index (χ1n) is 9.82. The van der Waals surface area contributed by atoms with E-state index in [0.717, 1.165) is 42.3 Å². The molecule has 0 spiro atoms. The molecule has 0 bridgehead atoms. The van der Waals surface area contributed by atoms with Gasteiger partial charge in [-0.2, -0.15) is 0 Å². The third-order valence-corrected chi connectivity index (χ3v) is 5.72. The number of nitro benzene ring substituents is 1. The second-order valence-corrected chi connectivity index (χ2v) is 7.72. The standard InChI is InChI=1S/C22H25N3O3/c1-14(12-15-6-9-17(28-2)10-7-15)23-21-5-3-4-18-19-13-16(25(26)27)8-11-20(19)24-22(18)21/h6-11,13-14,21,23-24H,3-5,12H2,1-2H3/p+1/t14-,21+/m1/s1. The predicted octanol–water partition coefficient (Wildman–Crippen LogP) is 3.66. The van der Waals surface area contributed by atoms with Crippen LogP contribution in [0.4, 0.5) is 5.69 Å². The molecule has 3 aromatic rings. The van der Waals surface area contributed by atoms with Gasteiger partial charge < -0.3 is 15.0 Å². The van der Waals surface area contributed by atoms with Crippen molar-refractivity contribution in [2.24, 2.45) is 0 Å². The van der Waals surface area contributed by atoms with E-state index in [1.165, 1.54) is 16.8 Å². The van der Waals surface area contributed by atoms with E-state index in [9.17, 15) is 10.1 Å². The molecule has 0 saturated heterocycles. The Morgan fingerprint density at radius 2 is 2.07 bits per heavy atom. The molecule has 0 radical (unpaired) electrons. The lowest BCUT2D eigenvalue weighted by Crippen LogP contribution is -2.90. The van der Waals surface area contributed by atoms with E-state index in [-0.39, 0.29) is 10.6 Å². The van der Waals surface area contributed by atoms with Crippen molar-refractivity contribution in [1.29, 1.82) is 0 Å². The lowest BCUT2D eigenvalue weighted by Gasteiger charge is -2.24. The number of hydrogen-bond acceptors (Lipinski definition) is 3. The molecule has 0 unspecified atom stereocenters. The number of rotatable bonds is 6. The quantitative estimate of drug-likeness (QED) is 0.506. The van der Waals surface area contributed by atoms with E-state index in [4.69, 9.17) is 4.74 Å². The average Bonchev–Trinajstić information content (AvgIpc) is 3.07. The monoisotopic (exact) mass is 380 g/mol. The number of H-pyrrole nitrogens is 1. The van der Waals surface area contributed by atoms with E-state index in [1.54, 1.807) is 19.2 Å². The number of nitrogens with two attached hydrogens (primary N) is 1. The molecular weight excluding hydrogens is 354 g/mol. The Bertz CT molecular complexity index is 994. The highest BCUT2D eigenvalue weighted by molar-refractivity contribution is 5.87. The van der Waals surface area contributed by atoms with Crippen LogP contribution in [0.25, 0.3) is 10.9 Å². The van der Waals surface area contributed by atoms with Crippen molar-refractivity contribution in [3.63, 3.8) is 0 Å². The maximum Gasteiger partial charge on any atom is 0.270 e. The summed E-state index contributed by atoms with van der Waals surface area (Å²) in [5, 5.41) is 14.6. The number of non-ortho nitro benzene ring substituents is 1. The number of aromatic amines is 1. The van der Waals surface area contributed by atoms with Crippen LogP contribution in [-0.2, 0) is 12.8 Å². The smallest absolute Gasteiger partial charge is 0.270 e. The van der Waals surface area contributed by atoms with Crippen LogP contribution in [-0.4, -0.2) is 23.1 Å². The minimum Gasteiger partial charge on any atom is -0.497 e. The third-order valence-electron chi connectivity index (χ3n) is 5.72. The molecule has 28 heavy (non-hydrogen) atoms. The summed E-state index contributed by atoms with van der Waals surface area (Å²) in [5.41, 5.74) is 4.95. The summed E-state index contributed by atoms with van der Waals surface area (Å²) in [4.78, 5) is 14.4. The third kappa shape index (κ3) is 3.60. The molecule has 1 aliphatic rings. The Morgan fingerprint density at radius 3 is 2.79 bits per heavy atom. The molecule has 0 aliphatic heterocycles. The molecule has 4 rings (SSSR count). The van der Waals surface area contributed by atoms with Gasteiger partial charge in [-0.05, 0) is 49.1 Å². The van der Waals surface area contributed by atoms with Crippen LogP contribution in [0.3, 0.4) is 0 Å². The molecule has 1 heterocycles. The molecule has 146 valence electrons. The topological polar surface area (TPSA) is 84.8 Å². The first-order chi connectivity index (χ1) is 13.5. The maximum atomic E-state index is 11.1. The Morgan fingerprint density at radius 1 is 1.29 bits per heavy atom. The number of nitrogens with zero attached hydrogens (tertiary/aromatic N) is 1. The van der Waals surface area contributed by atoms with Gasteiger partial charge in [-0.15, -0.1) is 0 Å². The van der Waals surface area contributed by atoms with Crippen molar-refractivity contribution in [3.8, 4) is 5.75 Å². The first kappa shape index (κ1) is 18.5. The van der Waals surface area contributed by atoms with E-state index in [1.807, 2.05) is 18.2 Å². The summed E-state index contributed by atoms with van der Waals surface area (Å²) in [6.07, 6.45) is 4.20. The Labute approximate surface area is 164 Å². The van der Waals surface area contributed by atoms with Crippen molar-refractivity contribution < 1.29 is 15.0 Å². The molecule has 0 amide bonds. The van der Waals surface area contributed by atoms with Crippen molar-refractivity contribution >= 4 is 16.6 Å². The molecule has 2 atom stereocenters. The first-order valence-corrected chi connectivity index (χ1v) is 9.82. The number of fused-ring (bicyclic) bond motifs is 3. The number of methoxy groups -OCH3 is 1. The van der Waals surface area contributed by atoms with Crippen molar-refractivity contribution in [1.82, 2.24) is 4.98 Å². The molecule has 6 heteroatoms. The van der Waals surface area contributed by atoms with Crippen LogP contribution < -0.4 is 10.1 Å². The lowest BCUT2D eigenvalue weighted by molar-refractivity contribution is -0.726. The molecular formula is C22H26N3O3+. The zero-order valence-corrected chi connectivity index (χ0v) is 16.3. The van der Waals surface area contributed by atoms with E-state index in [0.29, 0.717) is 12.1 Å². The normalized spacial score (nSPS) is 17.3. The average molecular weight is 380 g/mol. The summed E-state index contributed by atoms with van der Waals surface area (Å²) in [6.45, 7) is 2.26. The number of aryl methyl sites for hydroxylation is 1. The zero-order valence-electron chi connectivity index (χ0n) is 16.3. The van der Waals surface area contributed by atoms with Gasteiger partial charge in [0.05, 0.1) is 23.8 Å². The van der Waals surface area contributed by atoms with Gasteiger partial charge in [-0.3, -0.25) is 10.1 Å². The van der Waals surface area contributed by atoms with Gasteiger partial charge in [0.1, 0.15) is 11.8 Å². The highest BCUT2D eigenvalue weighted by Crippen LogP contribution is 2.34. The van der Waals surface area contributed by atoms with Crippen LogP contribution >= 0.6 is 0 Å². The molecule has 2 aromatic carbocycles. The van der Waals surface area contributed by atoms with Crippen molar-refractivity contribution in [3.05, 3.63) is 69.4 Å². The number of nitro groups is 1. The Balaban J connectivity index is 1.53. The van der Waals surface area contributed by atoms with Crippen LogP contribution in [0.15, 0.2) is 42.5 Å². The molecule has 3 N–H and O–H groups in total. The van der Waals surface area contributed by atoms with Gasteiger partial charge in [-0.1, -0.05) is 12.1 Å². The number of nitrogens with one attached hydrogen (secondary N) is 1. The van der Waals surface area contributed by atoms with Crippen molar-refractivity contribution in [2.45, 2.75) is 44.7 Å². The number of quaternary nitrogens is 1. The lowest BCUT2D eigenvalue weighted by atomic mass is 9.91. The number of ether oxygens (including phenoxy) is 1. The highest BCUT2D eigenvalue weighted by atomic mass is 16.6. The van der Waals surface area contributed by atoms with E-state index in [2.05, 4.69) is 29.4 Å². The van der Waals surface area contributed by atoms with Crippen LogP contribution in [0.1, 0.15) is 42.6 Å². The SMILES string of the molecule is COc1ccc(C[C@@H](C)[NH2+][C@H]2CCCc3c2[nH]c2ccc([N+](=O)[O-])cc32)cc1. The van der Waals surface area contributed by atoms with Crippen LogP contribution in [0.5, 0.6) is 5.75 Å². The largest absolute Gasteiger partial charge is 0.497 e. The second kappa shape index (κ2) is 7.64. The Kier molecular flexibility index (Phi) is 5.05. The molecule has 1 aliphatic carbocycles. The maximum absolute atomic E-state index is 11.1. The minimum atomic E-state index is -0.317. The second-order valence-electron chi connectivity index (χ2n) is 7.72.